The summed E-state index contributed by atoms with van der Waals surface area (Å²) in [4.78, 5) is 49.8. The number of aryl methyl sites for hydroxylation is 3. The van der Waals surface area contributed by atoms with E-state index >= 15 is 0 Å². The van der Waals surface area contributed by atoms with Gasteiger partial charge >= 0.3 is 5.97 Å². The molecule has 0 aromatic heterocycles. The quantitative estimate of drug-likeness (QED) is 0.344. The van der Waals surface area contributed by atoms with E-state index in [4.69, 9.17) is 4.74 Å². The summed E-state index contributed by atoms with van der Waals surface area (Å²) in [6.45, 7) is 4.97. The number of carbonyl (C=O) groups is 4. The minimum absolute atomic E-state index is 0.0555. The molecule has 0 aliphatic carbocycles. The standard InChI is InChI=1S/C26H24N2O5/c1-16-9-12-19(13-10-16)25(31)28-27-23(29)15-33-26(32)21-7-5-4-6-20(21)24(30)22-14-17(2)8-11-18(22)3/h4-14H,15H2,1-3H3,(H,27,29)(H,28,31). The van der Waals surface area contributed by atoms with E-state index < -0.39 is 24.4 Å². The van der Waals surface area contributed by atoms with Crippen LogP contribution in [0.1, 0.15) is 53.3 Å². The Morgan fingerprint density at radius 1 is 0.727 bits per heavy atom. The lowest BCUT2D eigenvalue weighted by atomic mass is 9.94. The van der Waals surface area contributed by atoms with E-state index in [1.807, 2.05) is 32.9 Å². The van der Waals surface area contributed by atoms with Gasteiger partial charge in [-0.1, -0.05) is 53.6 Å². The highest BCUT2D eigenvalue weighted by Gasteiger charge is 2.21. The first-order valence-corrected chi connectivity index (χ1v) is 10.3. The zero-order valence-corrected chi connectivity index (χ0v) is 18.6. The van der Waals surface area contributed by atoms with Crippen molar-refractivity contribution in [2.75, 3.05) is 6.61 Å². The van der Waals surface area contributed by atoms with E-state index in [2.05, 4.69) is 10.9 Å². The van der Waals surface area contributed by atoms with Crippen molar-refractivity contribution >= 4 is 23.6 Å². The van der Waals surface area contributed by atoms with Gasteiger partial charge in [0.25, 0.3) is 11.8 Å². The fourth-order valence-electron chi connectivity index (χ4n) is 3.13. The molecule has 0 saturated heterocycles. The minimum atomic E-state index is -0.815. The predicted octanol–water partition coefficient (Wildman–Crippen LogP) is 3.46. The van der Waals surface area contributed by atoms with Crippen molar-refractivity contribution < 1.29 is 23.9 Å². The molecule has 3 rings (SSSR count). The normalized spacial score (nSPS) is 10.3. The topological polar surface area (TPSA) is 102 Å². The number of hydrazine groups is 1. The number of nitrogens with one attached hydrogen (secondary N) is 2. The number of benzene rings is 3. The van der Waals surface area contributed by atoms with Gasteiger partial charge in [0.15, 0.2) is 12.4 Å². The third kappa shape index (κ3) is 5.92. The molecule has 0 aliphatic heterocycles. The molecule has 2 N–H and O–H groups in total. The third-order valence-corrected chi connectivity index (χ3v) is 4.99. The molecule has 0 spiro atoms. The third-order valence-electron chi connectivity index (χ3n) is 4.99. The molecule has 7 heteroatoms. The second-order valence-corrected chi connectivity index (χ2v) is 7.64. The van der Waals surface area contributed by atoms with Crippen molar-refractivity contribution in [3.8, 4) is 0 Å². The Labute approximate surface area is 191 Å². The number of ether oxygens (including phenoxy) is 1. The fraction of sp³-hybridized carbons (Fsp3) is 0.154. The van der Waals surface area contributed by atoms with Crippen LogP contribution in [0.15, 0.2) is 66.7 Å². The molecule has 0 unspecified atom stereocenters. The van der Waals surface area contributed by atoms with Crippen LogP contribution in [-0.4, -0.2) is 30.2 Å². The Bertz CT molecular complexity index is 1220. The number of ketones is 1. The molecule has 0 aliphatic rings. The smallest absolute Gasteiger partial charge is 0.339 e. The van der Waals surface area contributed by atoms with E-state index in [-0.39, 0.29) is 16.9 Å². The maximum absolute atomic E-state index is 13.1. The van der Waals surface area contributed by atoms with Crippen LogP contribution in [0.25, 0.3) is 0 Å². The number of esters is 1. The van der Waals surface area contributed by atoms with Crippen molar-refractivity contribution in [2.45, 2.75) is 20.8 Å². The molecule has 0 fully saturated rings. The Kier molecular flexibility index (Phi) is 7.35. The van der Waals surface area contributed by atoms with Gasteiger partial charge in [-0.15, -0.1) is 0 Å². The highest BCUT2D eigenvalue weighted by molar-refractivity contribution is 6.15. The molecule has 3 aromatic rings. The van der Waals surface area contributed by atoms with E-state index in [1.165, 1.54) is 6.07 Å². The summed E-state index contributed by atoms with van der Waals surface area (Å²) >= 11 is 0. The second-order valence-electron chi connectivity index (χ2n) is 7.64. The molecule has 7 nitrogen and oxygen atoms in total. The molecule has 0 atom stereocenters. The first-order chi connectivity index (χ1) is 15.8. The first-order valence-electron chi connectivity index (χ1n) is 10.3. The Hall–Kier alpha value is -4.26. The first kappa shape index (κ1) is 23.4. The van der Waals surface area contributed by atoms with Crippen molar-refractivity contribution in [2.24, 2.45) is 0 Å². The highest BCUT2D eigenvalue weighted by atomic mass is 16.5. The average Bonchev–Trinajstić information content (AvgIpc) is 2.82. The lowest BCUT2D eigenvalue weighted by molar-refractivity contribution is -0.125. The Morgan fingerprint density at radius 2 is 1.36 bits per heavy atom. The summed E-state index contributed by atoms with van der Waals surface area (Å²) in [5.41, 5.74) is 8.27. The van der Waals surface area contributed by atoms with Gasteiger partial charge in [-0.05, 0) is 50.6 Å². The second kappa shape index (κ2) is 10.4. The van der Waals surface area contributed by atoms with E-state index in [9.17, 15) is 19.2 Å². The number of amides is 2. The number of carbonyl (C=O) groups excluding carboxylic acids is 4. The van der Waals surface area contributed by atoms with Crippen LogP contribution in [-0.2, 0) is 9.53 Å². The van der Waals surface area contributed by atoms with Gasteiger partial charge in [0.05, 0.1) is 5.56 Å². The SMILES string of the molecule is Cc1ccc(C(=O)NNC(=O)COC(=O)c2ccccc2C(=O)c2cc(C)ccc2C)cc1. The van der Waals surface area contributed by atoms with Crippen LogP contribution in [0.3, 0.4) is 0 Å². The molecule has 0 heterocycles. The van der Waals surface area contributed by atoms with Crippen LogP contribution < -0.4 is 10.9 Å². The van der Waals surface area contributed by atoms with Crippen LogP contribution in [0.4, 0.5) is 0 Å². The van der Waals surface area contributed by atoms with Gasteiger partial charge in [0.2, 0.25) is 0 Å². The summed E-state index contributed by atoms with van der Waals surface area (Å²) < 4.78 is 5.07. The van der Waals surface area contributed by atoms with E-state index in [1.54, 1.807) is 48.5 Å². The molecule has 3 aromatic carbocycles. The summed E-state index contributed by atoms with van der Waals surface area (Å²) in [5, 5.41) is 0. The van der Waals surface area contributed by atoms with Crippen LogP contribution in [0.5, 0.6) is 0 Å². The molecular weight excluding hydrogens is 420 g/mol. The van der Waals surface area contributed by atoms with Gasteiger partial charge < -0.3 is 4.74 Å². The van der Waals surface area contributed by atoms with Gasteiger partial charge in [-0.3, -0.25) is 25.2 Å². The molecule has 0 bridgehead atoms. The van der Waals surface area contributed by atoms with Crippen molar-refractivity contribution in [3.63, 3.8) is 0 Å². The van der Waals surface area contributed by atoms with E-state index in [0.717, 1.165) is 16.7 Å². The predicted molar refractivity (Wildman–Crippen MR) is 123 cm³/mol. The van der Waals surface area contributed by atoms with E-state index in [0.29, 0.717) is 11.1 Å². The zero-order valence-electron chi connectivity index (χ0n) is 18.6. The summed E-state index contributed by atoms with van der Waals surface area (Å²) in [6, 6.07) is 18.6. The maximum atomic E-state index is 13.1. The van der Waals surface area contributed by atoms with Crippen molar-refractivity contribution in [1.29, 1.82) is 0 Å². The molecular formula is C26H24N2O5. The lowest BCUT2D eigenvalue weighted by Gasteiger charge is -2.11. The fourth-order valence-corrected chi connectivity index (χ4v) is 3.13. The largest absolute Gasteiger partial charge is 0.452 e. The Morgan fingerprint density at radius 3 is 2.06 bits per heavy atom. The van der Waals surface area contributed by atoms with Crippen LogP contribution in [0, 0.1) is 20.8 Å². The molecule has 168 valence electrons. The average molecular weight is 444 g/mol. The van der Waals surface area contributed by atoms with Crippen molar-refractivity contribution in [1.82, 2.24) is 10.9 Å². The molecule has 0 radical (unpaired) electrons. The minimum Gasteiger partial charge on any atom is -0.452 e. The number of hydrogen-bond donors (Lipinski definition) is 2. The van der Waals surface area contributed by atoms with Crippen molar-refractivity contribution in [3.05, 3.63) is 106 Å². The molecule has 33 heavy (non-hydrogen) atoms. The number of rotatable bonds is 6. The maximum Gasteiger partial charge on any atom is 0.339 e. The van der Waals surface area contributed by atoms with Gasteiger partial charge in [0.1, 0.15) is 0 Å². The molecule has 2 amide bonds. The van der Waals surface area contributed by atoms with Crippen LogP contribution >= 0.6 is 0 Å². The summed E-state index contributed by atoms with van der Waals surface area (Å²) in [6.07, 6.45) is 0. The Balaban J connectivity index is 1.62. The zero-order chi connectivity index (χ0) is 24.0. The monoisotopic (exact) mass is 444 g/mol. The summed E-state index contributed by atoms with van der Waals surface area (Å²) in [5.74, 6) is -2.34. The highest BCUT2D eigenvalue weighted by Crippen LogP contribution is 2.19. The van der Waals surface area contributed by atoms with Crippen LogP contribution in [0.2, 0.25) is 0 Å². The lowest BCUT2D eigenvalue weighted by Crippen LogP contribution is -2.43. The molecule has 0 saturated carbocycles. The summed E-state index contributed by atoms with van der Waals surface area (Å²) in [7, 11) is 0. The number of hydrogen-bond acceptors (Lipinski definition) is 5. The van der Waals surface area contributed by atoms with Gasteiger partial charge in [-0.2, -0.15) is 0 Å². The van der Waals surface area contributed by atoms with Gasteiger partial charge in [-0.25, -0.2) is 4.79 Å². The van der Waals surface area contributed by atoms with Gasteiger partial charge in [0, 0.05) is 16.7 Å².